The van der Waals surface area contributed by atoms with Crippen LogP contribution in [0.25, 0.3) is 11.6 Å². The molecule has 1 aliphatic heterocycles. The molecule has 0 saturated carbocycles. The van der Waals surface area contributed by atoms with E-state index in [0.29, 0.717) is 13.0 Å². The van der Waals surface area contributed by atoms with Crippen LogP contribution in [0.5, 0.6) is 0 Å². The Morgan fingerprint density at radius 2 is 1.91 bits per heavy atom. The van der Waals surface area contributed by atoms with Gasteiger partial charge in [-0.15, -0.1) is 0 Å². The first kappa shape index (κ1) is 22.8. The normalized spacial score (nSPS) is 16.8. The molecule has 1 aromatic carbocycles. The van der Waals surface area contributed by atoms with Crippen LogP contribution in [0.15, 0.2) is 45.1 Å². The van der Waals surface area contributed by atoms with Gasteiger partial charge in [-0.3, -0.25) is 28.0 Å². The van der Waals surface area contributed by atoms with Gasteiger partial charge in [0.25, 0.3) is 21.1 Å². The highest BCUT2D eigenvalue weighted by Crippen LogP contribution is 2.30. The van der Waals surface area contributed by atoms with Crippen molar-refractivity contribution in [3.63, 3.8) is 0 Å². The molecule has 3 heterocycles. The number of hydrogen-bond donors (Lipinski definition) is 3. The van der Waals surface area contributed by atoms with Crippen molar-refractivity contribution < 1.29 is 16.8 Å². The highest BCUT2D eigenvalue weighted by atomic mass is 32.2. The quantitative estimate of drug-likeness (QED) is 0.426. The third-order valence-electron chi connectivity index (χ3n) is 5.00. The molecule has 0 aliphatic carbocycles. The van der Waals surface area contributed by atoms with Crippen LogP contribution in [0.2, 0.25) is 0 Å². The molecule has 12 nitrogen and oxygen atoms in total. The highest BCUT2D eigenvalue weighted by molar-refractivity contribution is 7.92. The van der Waals surface area contributed by atoms with Gasteiger partial charge in [-0.25, -0.2) is 21.8 Å². The Labute approximate surface area is 189 Å². The predicted molar refractivity (Wildman–Crippen MR) is 123 cm³/mol. The zero-order valence-corrected chi connectivity index (χ0v) is 19.6. The molecule has 176 valence electrons. The molecule has 0 atom stereocenters. The minimum absolute atomic E-state index is 0.0484. The standard InChI is InChI=1S/C19H22N6O6S2/c1-11(2)6-8-24-17(26)15(18(27)25-9-7-20-19(24)25)16-21-13-5-4-12(22-32(3,28)29)10-14(13)33(30,31)23-16/h4-5,7,9-11,21-23H,6,8H2,1-3H3/b16-15+. The molecule has 0 spiro atoms. The van der Waals surface area contributed by atoms with E-state index >= 15 is 0 Å². The van der Waals surface area contributed by atoms with Crippen molar-refractivity contribution in [1.29, 1.82) is 0 Å². The lowest BCUT2D eigenvalue weighted by Crippen LogP contribution is -2.53. The summed E-state index contributed by atoms with van der Waals surface area (Å²) in [6.45, 7) is 4.28. The summed E-state index contributed by atoms with van der Waals surface area (Å²) in [5, 5.41) is 2.41. The van der Waals surface area contributed by atoms with Crippen LogP contribution >= 0.6 is 0 Å². The van der Waals surface area contributed by atoms with Crippen LogP contribution in [-0.4, -0.2) is 37.0 Å². The highest BCUT2D eigenvalue weighted by Gasteiger charge is 2.28. The summed E-state index contributed by atoms with van der Waals surface area (Å²) in [4.78, 5) is 30.2. The van der Waals surface area contributed by atoms with Gasteiger partial charge in [0.15, 0.2) is 0 Å². The van der Waals surface area contributed by atoms with E-state index in [1.807, 2.05) is 13.8 Å². The van der Waals surface area contributed by atoms with Crippen LogP contribution < -0.4 is 31.1 Å². The van der Waals surface area contributed by atoms with E-state index in [4.69, 9.17) is 0 Å². The second kappa shape index (κ2) is 7.88. The monoisotopic (exact) mass is 494 g/mol. The molecule has 2 aromatic heterocycles. The number of benzene rings is 1. The van der Waals surface area contributed by atoms with Gasteiger partial charge in [-0.05, 0) is 30.5 Å². The van der Waals surface area contributed by atoms with E-state index in [2.05, 4.69) is 19.7 Å². The van der Waals surface area contributed by atoms with Crippen molar-refractivity contribution in [2.75, 3.05) is 16.3 Å². The van der Waals surface area contributed by atoms with Crippen molar-refractivity contribution in [2.24, 2.45) is 5.92 Å². The van der Waals surface area contributed by atoms with Crippen molar-refractivity contribution in [3.05, 3.63) is 56.5 Å². The molecule has 0 amide bonds. The third-order valence-corrected chi connectivity index (χ3v) is 7.00. The van der Waals surface area contributed by atoms with Crippen molar-refractivity contribution in [3.8, 4) is 0 Å². The Kier molecular flexibility index (Phi) is 5.44. The van der Waals surface area contributed by atoms with Gasteiger partial charge in [-0.1, -0.05) is 13.8 Å². The minimum Gasteiger partial charge on any atom is -0.339 e. The molecule has 4 rings (SSSR count). The number of imidazole rings is 1. The summed E-state index contributed by atoms with van der Waals surface area (Å²) < 4.78 is 55.8. The summed E-state index contributed by atoms with van der Waals surface area (Å²) in [6.07, 6.45) is 4.38. The molecule has 33 heavy (non-hydrogen) atoms. The van der Waals surface area contributed by atoms with E-state index in [1.54, 1.807) is 0 Å². The van der Waals surface area contributed by atoms with Gasteiger partial charge in [0.1, 0.15) is 15.9 Å². The minimum atomic E-state index is -4.23. The number of sulfonamides is 2. The van der Waals surface area contributed by atoms with Crippen LogP contribution in [0.3, 0.4) is 0 Å². The van der Waals surface area contributed by atoms with Crippen molar-refractivity contribution >= 4 is 43.0 Å². The second-order valence-corrected chi connectivity index (χ2v) is 11.5. The van der Waals surface area contributed by atoms with E-state index < -0.39 is 31.2 Å². The van der Waals surface area contributed by atoms with E-state index in [-0.39, 0.29) is 39.0 Å². The Hall–Kier alpha value is -3.39. The summed E-state index contributed by atoms with van der Waals surface area (Å²) in [5.74, 6) is 0.170. The average Bonchev–Trinajstić information content (AvgIpc) is 3.16. The molecular weight excluding hydrogens is 472 g/mol. The molecule has 14 heteroatoms. The molecule has 0 radical (unpaired) electrons. The van der Waals surface area contributed by atoms with Gasteiger partial charge >= 0.3 is 0 Å². The number of nitrogens with one attached hydrogen (secondary N) is 3. The topological polar surface area (TPSA) is 161 Å². The number of fused-ring (bicyclic) bond motifs is 2. The molecule has 0 unspecified atom stereocenters. The zero-order chi connectivity index (χ0) is 24.1. The maximum absolute atomic E-state index is 13.3. The van der Waals surface area contributed by atoms with E-state index in [9.17, 15) is 26.4 Å². The molecule has 0 bridgehead atoms. The molecular formula is C19H22N6O6S2. The number of nitrogens with zero attached hydrogens (tertiary/aromatic N) is 3. The number of aromatic nitrogens is 3. The van der Waals surface area contributed by atoms with Gasteiger partial charge in [0.2, 0.25) is 15.8 Å². The summed E-state index contributed by atoms with van der Waals surface area (Å²) >= 11 is 0. The SMILES string of the molecule is CC(C)CCn1c(=O)/c(=C2/Nc3ccc(NS(C)(=O)=O)cc3S(=O)(=O)N2)c(=O)n2ccnc12. The fourth-order valence-corrected chi connectivity index (χ4v) is 5.26. The summed E-state index contributed by atoms with van der Waals surface area (Å²) in [6, 6.07) is 3.85. The maximum atomic E-state index is 13.3. The molecule has 0 fully saturated rings. The van der Waals surface area contributed by atoms with Crippen LogP contribution in [-0.2, 0) is 26.6 Å². The number of anilines is 2. The fourth-order valence-electron chi connectivity index (χ4n) is 3.48. The first-order chi connectivity index (χ1) is 15.4. The predicted octanol–water partition coefficient (Wildman–Crippen LogP) is -0.538. The van der Waals surface area contributed by atoms with Gasteiger partial charge in [0.05, 0.1) is 11.9 Å². The smallest absolute Gasteiger partial charge is 0.274 e. The Bertz CT molecular complexity index is 1650. The Morgan fingerprint density at radius 3 is 2.58 bits per heavy atom. The van der Waals surface area contributed by atoms with Gasteiger partial charge in [0, 0.05) is 24.6 Å². The molecule has 1 aliphatic rings. The number of hydrogen-bond acceptors (Lipinski definition) is 8. The Morgan fingerprint density at radius 1 is 1.18 bits per heavy atom. The first-order valence-corrected chi connectivity index (χ1v) is 13.3. The van der Waals surface area contributed by atoms with Crippen molar-refractivity contribution in [1.82, 2.24) is 18.7 Å². The van der Waals surface area contributed by atoms with Crippen LogP contribution in [0.4, 0.5) is 11.4 Å². The maximum Gasteiger partial charge on any atom is 0.274 e. The number of aryl methyl sites for hydroxylation is 1. The fraction of sp³-hybridized carbons (Fsp3) is 0.316. The number of rotatable bonds is 5. The van der Waals surface area contributed by atoms with Crippen LogP contribution in [0, 0.1) is 5.92 Å². The molecule has 0 saturated heterocycles. The lowest BCUT2D eigenvalue weighted by Gasteiger charge is -2.23. The van der Waals surface area contributed by atoms with E-state index in [1.165, 1.54) is 33.5 Å². The largest absolute Gasteiger partial charge is 0.339 e. The summed E-state index contributed by atoms with van der Waals surface area (Å²) in [7, 11) is -7.85. The second-order valence-electron chi connectivity index (χ2n) is 8.11. The zero-order valence-electron chi connectivity index (χ0n) is 18.0. The van der Waals surface area contributed by atoms with Crippen LogP contribution in [0.1, 0.15) is 20.3 Å². The third kappa shape index (κ3) is 4.30. The molecule has 3 aromatic rings. The first-order valence-electron chi connectivity index (χ1n) is 9.93. The Balaban J connectivity index is 1.94. The van der Waals surface area contributed by atoms with Gasteiger partial charge < -0.3 is 5.32 Å². The van der Waals surface area contributed by atoms with Gasteiger partial charge in [-0.2, -0.15) is 0 Å². The van der Waals surface area contributed by atoms with Crippen molar-refractivity contribution in [2.45, 2.75) is 31.7 Å². The average molecular weight is 495 g/mol. The lowest BCUT2D eigenvalue weighted by atomic mass is 10.1. The van der Waals surface area contributed by atoms with E-state index in [0.717, 1.165) is 12.3 Å². The lowest BCUT2D eigenvalue weighted by molar-refractivity contribution is 0.508. The molecule has 3 N–H and O–H groups in total. The summed E-state index contributed by atoms with van der Waals surface area (Å²) in [5.41, 5.74) is -1.27.